The van der Waals surface area contributed by atoms with Crippen molar-refractivity contribution in [2.45, 2.75) is 69.1 Å². The van der Waals surface area contributed by atoms with Gasteiger partial charge in [-0.1, -0.05) is 19.3 Å². The maximum Gasteiger partial charge on any atom is 0.167 e. The van der Waals surface area contributed by atoms with Crippen LogP contribution in [0.4, 0.5) is 5.82 Å². The van der Waals surface area contributed by atoms with Gasteiger partial charge in [0.2, 0.25) is 0 Å². The summed E-state index contributed by atoms with van der Waals surface area (Å²) in [7, 11) is 0. The Kier molecular flexibility index (Phi) is 6.26. The maximum atomic E-state index is 10.3. The Labute approximate surface area is 168 Å². The van der Waals surface area contributed by atoms with Crippen molar-refractivity contribution in [2.75, 3.05) is 18.5 Å². The summed E-state index contributed by atoms with van der Waals surface area (Å²) in [6, 6.07) is 0.0949. The van der Waals surface area contributed by atoms with Crippen molar-refractivity contribution in [1.82, 2.24) is 19.5 Å². The Morgan fingerprint density at radius 1 is 1.10 bits per heavy atom. The van der Waals surface area contributed by atoms with Crippen molar-refractivity contribution in [3.63, 3.8) is 0 Å². The standard InChI is InChI=1S/C19H29N5O5/c25-7-6-12(11-4-2-1-3-5-11)23-17-14-18(21-9-20-17)24(10-22-14)19-16(28)15(27)13(8-26)29-19/h9-13,15-16,19,25-28H,1-8H2,(H,20,21,23)/t12-,13+,15+,16+,19+/m0/s1. The number of rotatable bonds is 7. The lowest BCUT2D eigenvalue weighted by Gasteiger charge is -2.31. The molecule has 29 heavy (non-hydrogen) atoms. The van der Waals surface area contributed by atoms with Gasteiger partial charge in [-0.15, -0.1) is 0 Å². The minimum atomic E-state index is -1.21. The number of ether oxygens (including phenoxy) is 1. The van der Waals surface area contributed by atoms with E-state index in [0.29, 0.717) is 29.3 Å². The fourth-order valence-electron chi connectivity index (χ4n) is 4.53. The van der Waals surface area contributed by atoms with Crippen LogP contribution < -0.4 is 5.32 Å². The molecule has 1 saturated heterocycles. The van der Waals surface area contributed by atoms with E-state index in [2.05, 4.69) is 20.3 Å². The Balaban J connectivity index is 1.60. The first-order chi connectivity index (χ1) is 14.1. The van der Waals surface area contributed by atoms with Crippen molar-refractivity contribution < 1.29 is 25.2 Å². The maximum absolute atomic E-state index is 10.3. The molecule has 2 aromatic heterocycles. The predicted octanol–water partition coefficient (Wildman–Crippen LogP) is 0.181. The quantitative estimate of drug-likeness (QED) is 0.434. The highest BCUT2D eigenvalue weighted by molar-refractivity contribution is 5.82. The number of aliphatic hydroxyl groups excluding tert-OH is 4. The second-order valence-electron chi connectivity index (χ2n) is 7.94. The molecule has 0 aromatic carbocycles. The van der Waals surface area contributed by atoms with E-state index in [-0.39, 0.29) is 12.6 Å². The van der Waals surface area contributed by atoms with Crippen LogP contribution in [0.5, 0.6) is 0 Å². The zero-order chi connectivity index (χ0) is 20.4. The molecule has 10 heteroatoms. The molecule has 4 rings (SSSR count). The van der Waals surface area contributed by atoms with Crippen LogP contribution in [-0.2, 0) is 4.74 Å². The van der Waals surface area contributed by atoms with Gasteiger partial charge in [0.05, 0.1) is 12.9 Å². The topological polar surface area (TPSA) is 146 Å². The fourth-order valence-corrected chi connectivity index (χ4v) is 4.53. The number of imidazole rings is 1. The number of aliphatic hydroxyl groups is 4. The molecule has 3 heterocycles. The van der Waals surface area contributed by atoms with Gasteiger partial charge in [-0.05, 0) is 25.2 Å². The fraction of sp³-hybridized carbons (Fsp3) is 0.737. The highest BCUT2D eigenvalue weighted by atomic mass is 16.6. The second-order valence-corrected chi connectivity index (χ2v) is 7.94. The van der Waals surface area contributed by atoms with E-state index >= 15 is 0 Å². The molecule has 5 N–H and O–H groups in total. The van der Waals surface area contributed by atoms with Gasteiger partial charge in [0.15, 0.2) is 23.2 Å². The van der Waals surface area contributed by atoms with Crippen LogP contribution in [0.15, 0.2) is 12.7 Å². The highest BCUT2D eigenvalue weighted by Crippen LogP contribution is 2.33. The van der Waals surface area contributed by atoms with Gasteiger partial charge >= 0.3 is 0 Å². The number of anilines is 1. The average molecular weight is 407 g/mol. The lowest BCUT2D eigenvalue weighted by molar-refractivity contribution is -0.0511. The second kappa shape index (κ2) is 8.88. The largest absolute Gasteiger partial charge is 0.396 e. The molecule has 1 saturated carbocycles. The molecule has 1 aliphatic carbocycles. The van der Waals surface area contributed by atoms with Crippen LogP contribution >= 0.6 is 0 Å². The molecule has 160 valence electrons. The van der Waals surface area contributed by atoms with Crippen molar-refractivity contribution in [3.05, 3.63) is 12.7 Å². The Bertz CT molecular complexity index is 811. The molecule has 1 aliphatic heterocycles. The number of hydrogen-bond acceptors (Lipinski definition) is 9. The molecule has 0 bridgehead atoms. The number of aromatic nitrogens is 4. The van der Waals surface area contributed by atoms with Crippen LogP contribution in [0.3, 0.4) is 0 Å². The van der Waals surface area contributed by atoms with Gasteiger partial charge in [0.25, 0.3) is 0 Å². The summed E-state index contributed by atoms with van der Waals surface area (Å²) in [5, 5.41) is 42.7. The summed E-state index contributed by atoms with van der Waals surface area (Å²) in [4.78, 5) is 13.1. The van der Waals surface area contributed by atoms with Crippen LogP contribution in [-0.4, -0.2) is 77.5 Å². The predicted molar refractivity (Wildman–Crippen MR) is 104 cm³/mol. The highest BCUT2D eigenvalue weighted by Gasteiger charge is 2.44. The molecule has 10 nitrogen and oxygen atoms in total. The Hall–Kier alpha value is -1.85. The van der Waals surface area contributed by atoms with Crippen molar-refractivity contribution in [3.8, 4) is 0 Å². The third-order valence-corrected chi connectivity index (χ3v) is 6.13. The summed E-state index contributed by atoms with van der Waals surface area (Å²) in [5.74, 6) is 1.05. The summed E-state index contributed by atoms with van der Waals surface area (Å²) < 4.78 is 7.15. The molecule has 2 aromatic rings. The van der Waals surface area contributed by atoms with Gasteiger partial charge in [-0.3, -0.25) is 4.57 Å². The van der Waals surface area contributed by atoms with E-state index in [9.17, 15) is 20.4 Å². The molecule has 0 amide bonds. The lowest BCUT2D eigenvalue weighted by atomic mass is 9.83. The van der Waals surface area contributed by atoms with E-state index in [1.54, 1.807) is 4.57 Å². The molecule has 0 spiro atoms. The number of nitrogens with one attached hydrogen (secondary N) is 1. The van der Waals surface area contributed by atoms with Crippen LogP contribution in [0.25, 0.3) is 11.2 Å². The summed E-state index contributed by atoms with van der Waals surface area (Å²) in [6.45, 7) is -0.299. The molecule has 2 fully saturated rings. The van der Waals surface area contributed by atoms with Gasteiger partial charge in [0, 0.05) is 12.6 Å². The van der Waals surface area contributed by atoms with Crippen LogP contribution in [0.2, 0.25) is 0 Å². The normalized spacial score (nSPS) is 29.4. The summed E-state index contributed by atoms with van der Waals surface area (Å²) >= 11 is 0. The van der Waals surface area contributed by atoms with E-state index in [1.165, 1.54) is 31.9 Å². The molecule has 0 unspecified atom stereocenters. The zero-order valence-electron chi connectivity index (χ0n) is 16.3. The first-order valence-electron chi connectivity index (χ1n) is 10.3. The average Bonchev–Trinajstić information content (AvgIpc) is 3.30. The number of hydrogen-bond donors (Lipinski definition) is 5. The molecule has 0 radical (unpaired) electrons. The lowest BCUT2D eigenvalue weighted by Crippen LogP contribution is -2.33. The smallest absolute Gasteiger partial charge is 0.167 e. The molecular weight excluding hydrogens is 378 g/mol. The van der Waals surface area contributed by atoms with Crippen molar-refractivity contribution >= 4 is 17.0 Å². The zero-order valence-corrected chi connectivity index (χ0v) is 16.3. The van der Waals surface area contributed by atoms with Crippen LogP contribution in [0, 0.1) is 5.92 Å². The first-order valence-corrected chi connectivity index (χ1v) is 10.3. The van der Waals surface area contributed by atoms with E-state index in [1.807, 2.05) is 0 Å². The SMILES string of the molecule is OCC[C@H](Nc1ncnc2c1ncn2[C@@H]1O[C@H](CO)[C@@H](O)[C@H]1O)C1CCCCC1. The van der Waals surface area contributed by atoms with Crippen molar-refractivity contribution in [2.24, 2.45) is 5.92 Å². The van der Waals surface area contributed by atoms with Crippen molar-refractivity contribution in [1.29, 1.82) is 0 Å². The first kappa shape index (κ1) is 20.4. The Morgan fingerprint density at radius 2 is 1.90 bits per heavy atom. The molecule has 5 atom stereocenters. The van der Waals surface area contributed by atoms with Gasteiger partial charge < -0.3 is 30.5 Å². The van der Waals surface area contributed by atoms with Gasteiger partial charge in [-0.25, -0.2) is 15.0 Å². The number of nitrogens with zero attached hydrogens (tertiary/aromatic N) is 4. The van der Waals surface area contributed by atoms with Crippen LogP contribution in [0.1, 0.15) is 44.8 Å². The minimum absolute atomic E-state index is 0.0949. The third-order valence-electron chi connectivity index (χ3n) is 6.13. The van der Waals surface area contributed by atoms with E-state index < -0.39 is 31.1 Å². The van der Waals surface area contributed by atoms with E-state index in [4.69, 9.17) is 4.74 Å². The van der Waals surface area contributed by atoms with Gasteiger partial charge in [-0.2, -0.15) is 0 Å². The Morgan fingerprint density at radius 3 is 2.59 bits per heavy atom. The monoisotopic (exact) mass is 407 g/mol. The number of fused-ring (bicyclic) bond motifs is 1. The summed E-state index contributed by atoms with van der Waals surface area (Å²) in [6.07, 6.45) is 5.29. The summed E-state index contributed by atoms with van der Waals surface area (Å²) in [5.41, 5.74) is 0.993. The van der Waals surface area contributed by atoms with E-state index in [0.717, 1.165) is 12.8 Å². The third kappa shape index (κ3) is 3.95. The minimum Gasteiger partial charge on any atom is -0.396 e. The van der Waals surface area contributed by atoms with Gasteiger partial charge in [0.1, 0.15) is 24.6 Å². The molecule has 2 aliphatic rings. The molecular formula is C19H29N5O5.